The Balaban J connectivity index is 1.32. The van der Waals surface area contributed by atoms with Crippen LogP contribution in [0.25, 0.3) is 0 Å². The van der Waals surface area contributed by atoms with E-state index in [1.54, 1.807) is 23.7 Å². The van der Waals surface area contributed by atoms with Gasteiger partial charge in [0.1, 0.15) is 12.4 Å². The van der Waals surface area contributed by atoms with Crippen LogP contribution in [0.2, 0.25) is 0 Å². The first-order valence-corrected chi connectivity index (χ1v) is 10.0. The second-order valence-corrected chi connectivity index (χ2v) is 7.14. The van der Waals surface area contributed by atoms with E-state index in [1.165, 1.54) is 5.56 Å². The predicted molar refractivity (Wildman–Crippen MR) is 107 cm³/mol. The minimum Gasteiger partial charge on any atom is -0.490 e. The van der Waals surface area contributed by atoms with E-state index in [0.717, 1.165) is 44.2 Å². The number of aliphatic imine (C=N–C) groups is 1. The Morgan fingerprint density at radius 3 is 2.96 bits per heavy atom. The largest absolute Gasteiger partial charge is 0.490 e. The summed E-state index contributed by atoms with van der Waals surface area (Å²) >= 11 is 1.77. The van der Waals surface area contributed by atoms with Crippen LogP contribution in [0.5, 0.6) is 5.75 Å². The van der Waals surface area contributed by atoms with Crippen LogP contribution < -0.4 is 15.4 Å². The summed E-state index contributed by atoms with van der Waals surface area (Å²) in [6.45, 7) is 4.58. The number of rotatable bonds is 7. The van der Waals surface area contributed by atoms with E-state index in [4.69, 9.17) is 4.74 Å². The highest BCUT2D eigenvalue weighted by Crippen LogP contribution is 2.15. The molecular formula is C19H27N5OS. The zero-order chi connectivity index (χ0) is 18.0. The summed E-state index contributed by atoms with van der Waals surface area (Å²) < 4.78 is 5.64. The van der Waals surface area contributed by atoms with Gasteiger partial charge in [0, 0.05) is 38.9 Å². The van der Waals surface area contributed by atoms with Crippen molar-refractivity contribution in [1.29, 1.82) is 0 Å². The summed E-state index contributed by atoms with van der Waals surface area (Å²) in [7, 11) is 1.81. The summed E-state index contributed by atoms with van der Waals surface area (Å²) in [6.07, 6.45) is 5.73. The lowest BCUT2D eigenvalue weighted by Crippen LogP contribution is -2.49. The summed E-state index contributed by atoms with van der Waals surface area (Å²) in [4.78, 5) is 10.9. The number of hydrogen-bond donors (Lipinski definition) is 2. The lowest BCUT2D eigenvalue weighted by atomic mass is 10.0. The van der Waals surface area contributed by atoms with Crippen molar-refractivity contribution in [2.45, 2.75) is 25.4 Å². The summed E-state index contributed by atoms with van der Waals surface area (Å²) in [5, 5.41) is 11.2. The topological polar surface area (TPSA) is 61.8 Å². The van der Waals surface area contributed by atoms with Gasteiger partial charge in [-0.3, -0.25) is 14.9 Å². The van der Waals surface area contributed by atoms with Crippen LogP contribution in [-0.2, 0) is 6.54 Å². The molecule has 3 rings (SSSR count). The van der Waals surface area contributed by atoms with Crippen LogP contribution in [0.4, 0.5) is 0 Å². The molecule has 1 aliphatic heterocycles. The number of likely N-dealkylation sites (tertiary alicyclic amines) is 1. The Morgan fingerprint density at radius 2 is 2.27 bits per heavy atom. The van der Waals surface area contributed by atoms with Gasteiger partial charge in [0.25, 0.3) is 0 Å². The fourth-order valence-electron chi connectivity index (χ4n) is 3.04. The van der Waals surface area contributed by atoms with Crippen LogP contribution in [0.1, 0.15) is 18.4 Å². The van der Waals surface area contributed by atoms with E-state index < -0.39 is 0 Å². The molecule has 0 unspecified atom stereocenters. The van der Waals surface area contributed by atoms with Crippen LogP contribution in [0, 0.1) is 0 Å². The summed E-state index contributed by atoms with van der Waals surface area (Å²) in [6, 6.07) is 6.46. The van der Waals surface area contributed by atoms with Crippen molar-refractivity contribution >= 4 is 17.3 Å². The number of piperidine rings is 1. The molecule has 0 radical (unpaired) electrons. The van der Waals surface area contributed by atoms with Crippen molar-refractivity contribution in [2.75, 3.05) is 33.3 Å². The first-order chi connectivity index (χ1) is 12.8. The van der Waals surface area contributed by atoms with Gasteiger partial charge in [-0.1, -0.05) is 0 Å². The SMILES string of the molecule is CN=C(NCCOc1cccnc1)NC1CCN(Cc2ccsc2)CC1. The Labute approximate surface area is 159 Å². The van der Waals surface area contributed by atoms with Crippen molar-refractivity contribution in [3.8, 4) is 5.75 Å². The second kappa shape index (κ2) is 10.1. The maximum atomic E-state index is 5.64. The number of aromatic nitrogens is 1. The molecule has 1 fully saturated rings. The average Bonchev–Trinajstić information content (AvgIpc) is 3.19. The van der Waals surface area contributed by atoms with Gasteiger partial charge in [-0.15, -0.1) is 0 Å². The smallest absolute Gasteiger partial charge is 0.191 e. The fourth-order valence-corrected chi connectivity index (χ4v) is 3.69. The molecule has 0 bridgehead atoms. The van der Waals surface area contributed by atoms with Crippen LogP contribution in [0.3, 0.4) is 0 Å². The molecule has 3 heterocycles. The van der Waals surface area contributed by atoms with Crippen molar-refractivity contribution in [1.82, 2.24) is 20.5 Å². The molecule has 6 nitrogen and oxygen atoms in total. The number of ether oxygens (including phenoxy) is 1. The first-order valence-electron chi connectivity index (χ1n) is 9.07. The number of thiophene rings is 1. The third-order valence-electron chi connectivity index (χ3n) is 4.44. The number of pyridine rings is 1. The molecule has 0 amide bonds. The van der Waals surface area contributed by atoms with Gasteiger partial charge in [-0.2, -0.15) is 11.3 Å². The molecular weight excluding hydrogens is 346 g/mol. The molecule has 140 valence electrons. The van der Waals surface area contributed by atoms with Gasteiger partial charge < -0.3 is 15.4 Å². The summed E-state index contributed by atoms with van der Waals surface area (Å²) in [5.41, 5.74) is 1.42. The molecule has 2 aromatic heterocycles. The van der Waals surface area contributed by atoms with Gasteiger partial charge in [-0.05, 0) is 47.4 Å². The average molecular weight is 374 g/mol. The Hall–Kier alpha value is -2.12. The van der Waals surface area contributed by atoms with Crippen molar-refractivity contribution < 1.29 is 4.74 Å². The number of guanidine groups is 1. The number of nitrogens with one attached hydrogen (secondary N) is 2. The van der Waals surface area contributed by atoms with Crippen LogP contribution in [-0.4, -0.2) is 55.2 Å². The molecule has 0 aromatic carbocycles. The van der Waals surface area contributed by atoms with E-state index in [-0.39, 0.29) is 0 Å². The maximum Gasteiger partial charge on any atom is 0.191 e. The molecule has 26 heavy (non-hydrogen) atoms. The minimum atomic E-state index is 0.471. The number of hydrogen-bond acceptors (Lipinski definition) is 5. The molecule has 0 aliphatic carbocycles. The van der Waals surface area contributed by atoms with Crippen LogP contribution in [0.15, 0.2) is 46.3 Å². The maximum absolute atomic E-state index is 5.64. The van der Waals surface area contributed by atoms with Gasteiger partial charge in [-0.25, -0.2) is 0 Å². The van der Waals surface area contributed by atoms with Crippen molar-refractivity contribution in [2.24, 2.45) is 4.99 Å². The van der Waals surface area contributed by atoms with E-state index >= 15 is 0 Å². The third-order valence-corrected chi connectivity index (χ3v) is 5.17. The van der Waals surface area contributed by atoms with Gasteiger partial charge in [0.2, 0.25) is 0 Å². The molecule has 2 aromatic rings. The summed E-state index contributed by atoms with van der Waals surface area (Å²) in [5.74, 6) is 1.63. The van der Waals surface area contributed by atoms with Gasteiger partial charge in [0.15, 0.2) is 5.96 Å². The molecule has 0 atom stereocenters. The van der Waals surface area contributed by atoms with Gasteiger partial charge in [0.05, 0.1) is 12.7 Å². The van der Waals surface area contributed by atoms with Crippen molar-refractivity contribution in [3.05, 3.63) is 46.9 Å². The molecule has 0 spiro atoms. The molecule has 1 aliphatic rings. The second-order valence-electron chi connectivity index (χ2n) is 6.36. The number of nitrogens with zero attached hydrogens (tertiary/aromatic N) is 3. The normalized spacial score (nSPS) is 16.4. The Morgan fingerprint density at radius 1 is 1.38 bits per heavy atom. The first kappa shape index (κ1) is 18.7. The van der Waals surface area contributed by atoms with Crippen molar-refractivity contribution in [3.63, 3.8) is 0 Å². The third kappa shape index (κ3) is 6.00. The van der Waals surface area contributed by atoms with E-state index in [9.17, 15) is 0 Å². The standard InChI is InChI=1S/C19H27N5OS/c1-20-19(22-8-11-25-18-3-2-7-21-13-18)23-17-4-9-24(10-5-17)14-16-6-12-26-15-16/h2-3,6-7,12-13,15,17H,4-5,8-11,14H2,1H3,(H2,20,22,23). The quantitative estimate of drug-likeness (QED) is 0.443. The monoisotopic (exact) mass is 373 g/mol. The lowest BCUT2D eigenvalue weighted by Gasteiger charge is -2.32. The highest BCUT2D eigenvalue weighted by Gasteiger charge is 2.20. The zero-order valence-electron chi connectivity index (χ0n) is 15.2. The molecule has 7 heteroatoms. The fraction of sp³-hybridized carbons (Fsp3) is 0.474. The Bertz CT molecular complexity index is 654. The molecule has 2 N–H and O–H groups in total. The zero-order valence-corrected chi connectivity index (χ0v) is 16.0. The van der Waals surface area contributed by atoms with Gasteiger partial charge >= 0.3 is 0 Å². The van der Waals surface area contributed by atoms with E-state index in [1.807, 2.05) is 19.2 Å². The van der Waals surface area contributed by atoms with E-state index in [2.05, 4.69) is 42.3 Å². The molecule has 1 saturated heterocycles. The minimum absolute atomic E-state index is 0.471. The highest BCUT2D eigenvalue weighted by atomic mass is 32.1. The van der Waals surface area contributed by atoms with E-state index in [0.29, 0.717) is 19.2 Å². The van der Waals surface area contributed by atoms with Crippen LogP contribution >= 0.6 is 11.3 Å². The lowest BCUT2D eigenvalue weighted by molar-refractivity contribution is 0.198. The predicted octanol–water partition coefficient (Wildman–Crippen LogP) is 2.35. The highest BCUT2D eigenvalue weighted by molar-refractivity contribution is 7.07. The Kier molecular flexibility index (Phi) is 7.27. The molecule has 0 saturated carbocycles.